The molecule has 1 aromatic carbocycles. The highest BCUT2D eigenvalue weighted by atomic mass is 16.5. The van der Waals surface area contributed by atoms with Gasteiger partial charge < -0.3 is 20.1 Å². The number of carbonyl (C=O) groups excluding carboxylic acids is 1. The third-order valence-corrected chi connectivity index (χ3v) is 2.88. The predicted molar refractivity (Wildman–Crippen MR) is 78.4 cm³/mol. The van der Waals surface area contributed by atoms with Gasteiger partial charge in [0.1, 0.15) is 0 Å². The molecule has 1 aromatic rings. The highest BCUT2D eigenvalue weighted by Gasteiger charge is 2.25. The molecule has 2 N–H and O–H groups in total. The normalized spacial score (nSPS) is 15.7. The van der Waals surface area contributed by atoms with Crippen molar-refractivity contribution in [2.45, 2.75) is 18.6 Å². The van der Waals surface area contributed by atoms with Crippen LogP contribution in [-0.4, -0.2) is 55.8 Å². The average molecular weight is 280 g/mol. The van der Waals surface area contributed by atoms with Crippen molar-refractivity contribution in [2.75, 3.05) is 34.3 Å². The summed E-state index contributed by atoms with van der Waals surface area (Å²) in [5.74, 6) is -0.252. The fourth-order valence-electron chi connectivity index (χ4n) is 2.13. The summed E-state index contributed by atoms with van der Waals surface area (Å²) in [6.45, 7) is 2.34. The highest BCUT2D eigenvalue weighted by molar-refractivity contribution is 5.82. The monoisotopic (exact) mass is 280 g/mol. The molecule has 0 aliphatic carbocycles. The van der Waals surface area contributed by atoms with Gasteiger partial charge in [-0.1, -0.05) is 30.3 Å². The molecular weight excluding hydrogens is 256 g/mol. The van der Waals surface area contributed by atoms with E-state index in [9.17, 15) is 9.90 Å². The van der Waals surface area contributed by atoms with Crippen LogP contribution in [0.1, 0.15) is 18.6 Å². The number of rotatable bonds is 7. The molecule has 1 rings (SSSR count). The molecule has 0 aliphatic rings. The number of methoxy groups -OCH3 is 1. The first-order chi connectivity index (χ1) is 9.35. The molecule has 20 heavy (non-hydrogen) atoms. The van der Waals surface area contributed by atoms with Gasteiger partial charge in [0.2, 0.25) is 0 Å². The first-order valence-corrected chi connectivity index (χ1v) is 6.58. The number of amides is 1. The number of benzene rings is 1. The maximum atomic E-state index is 12.1. The number of nitrogens with zero attached hydrogens (tertiary/aromatic N) is 1. The molecule has 0 fully saturated rings. The topological polar surface area (TPSA) is 61.8 Å². The van der Waals surface area contributed by atoms with Gasteiger partial charge in [0.25, 0.3) is 5.91 Å². The van der Waals surface area contributed by atoms with Crippen LogP contribution in [0.2, 0.25) is 0 Å². The van der Waals surface area contributed by atoms with Gasteiger partial charge in [-0.25, -0.2) is 0 Å². The van der Waals surface area contributed by atoms with E-state index in [4.69, 9.17) is 4.74 Å². The summed E-state index contributed by atoms with van der Waals surface area (Å²) < 4.78 is 5.24. The first-order valence-electron chi connectivity index (χ1n) is 6.58. The lowest BCUT2D eigenvalue weighted by Gasteiger charge is -2.28. The zero-order valence-corrected chi connectivity index (χ0v) is 12.6. The second-order valence-electron chi connectivity index (χ2n) is 5.48. The molecule has 5 nitrogen and oxygen atoms in total. The van der Waals surface area contributed by atoms with Crippen molar-refractivity contribution in [3.8, 4) is 0 Å². The smallest absolute Gasteiger partial charge is 0.253 e. The Morgan fingerprint density at radius 1 is 1.40 bits per heavy atom. The lowest BCUT2D eigenvalue weighted by molar-refractivity contribution is -0.132. The van der Waals surface area contributed by atoms with Gasteiger partial charge in [0.05, 0.1) is 5.60 Å². The summed E-state index contributed by atoms with van der Waals surface area (Å²) >= 11 is 0. The molecular formula is C15H24N2O3. The van der Waals surface area contributed by atoms with Gasteiger partial charge in [-0.15, -0.1) is 0 Å². The van der Waals surface area contributed by atoms with Crippen LogP contribution in [0.25, 0.3) is 0 Å². The number of hydrogen-bond donors (Lipinski definition) is 2. The average Bonchev–Trinajstić information content (AvgIpc) is 2.37. The number of aliphatic hydroxyl groups is 1. The summed E-state index contributed by atoms with van der Waals surface area (Å²) in [5, 5.41) is 12.9. The fraction of sp³-hybridized carbons (Fsp3) is 0.533. The summed E-state index contributed by atoms with van der Waals surface area (Å²) in [5.41, 5.74) is -0.187. The number of likely N-dealkylation sites (N-methyl/N-ethyl adjacent to an activating group) is 1. The zero-order chi connectivity index (χ0) is 15.2. The Balaban J connectivity index is 2.61. The Hall–Kier alpha value is -1.43. The third-order valence-electron chi connectivity index (χ3n) is 2.88. The summed E-state index contributed by atoms with van der Waals surface area (Å²) in [4.78, 5) is 14.0. The molecule has 1 amide bonds. The number of hydrogen-bond acceptors (Lipinski definition) is 4. The maximum absolute atomic E-state index is 12.1. The van der Waals surface area contributed by atoms with Gasteiger partial charge in [0, 0.05) is 20.2 Å². The maximum Gasteiger partial charge on any atom is 0.253 e. The van der Waals surface area contributed by atoms with Crippen molar-refractivity contribution >= 4 is 5.91 Å². The molecule has 0 aromatic heterocycles. The molecule has 0 heterocycles. The summed E-state index contributed by atoms with van der Waals surface area (Å²) in [6, 6.07) is 9.28. The van der Waals surface area contributed by atoms with E-state index in [0.717, 1.165) is 5.56 Å². The minimum Gasteiger partial charge on any atom is -0.387 e. The van der Waals surface area contributed by atoms with Crippen LogP contribution in [0.15, 0.2) is 30.3 Å². The van der Waals surface area contributed by atoms with E-state index in [1.807, 2.05) is 49.3 Å². The van der Waals surface area contributed by atoms with Crippen LogP contribution in [0.4, 0.5) is 0 Å². The zero-order valence-electron chi connectivity index (χ0n) is 12.6. The van der Waals surface area contributed by atoms with Crippen molar-refractivity contribution in [3.63, 3.8) is 0 Å². The van der Waals surface area contributed by atoms with Gasteiger partial charge in [-0.2, -0.15) is 0 Å². The minimum atomic E-state index is -0.978. The van der Waals surface area contributed by atoms with Crippen molar-refractivity contribution in [2.24, 2.45) is 0 Å². The van der Waals surface area contributed by atoms with E-state index < -0.39 is 11.7 Å². The molecule has 0 spiro atoms. The molecule has 0 bridgehead atoms. The predicted octanol–water partition coefficient (Wildman–Crippen LogP) is 0.803. The van der Waals surface area contributed by atoms with Crippen molar-refractivity contribution in [1.29, 1.82) is 0 Å². The minimum absolute atomic E-state index is 0.177. The van der Waals surface area contributed by atoms with Gasteiger partial charge >= 0.3 is 0 Å². The Morgan fingerprint density at radius 3 is 2.50 bits per heavy atom. The Kier molecular flexibility index (Phi) is 6.13. The lowest BCUT2D eigenvalue weighted by Crippen LogP contribution is -2.48. The van der Waals surface area contributed by atoms with Crippen LogP contribution in [0.5, 0.6) is 0 Å². The molecule has 0 aliphatic heterocycles. The second-order valence-corrected chi connectivity index (χ2v) is 5.48. The van der Waals surface area contributed by atoms with E-state index in [0.29, 0.717) is 6.54 Å². The Bertz CT molecular complexity index is 418. The van der Waals surface area contributed by atoms with Gasteiger partial charge in [-0.3, -0.25) is 4.79 Å². The van der Waals surface area contributed by atoms with E-state index >= 15 is 0 Å². The molecule has 112 valence electrons. The fourth-order valence-corrected chi connectivity index (χ4v) is 2.13. The second kappa shape index (κ2) is 7.38. The van der Waals surface area contributed by atoms with Crippen LogP contribution >= 0.6 is 0 Å². The molecule has 0 saturated carbocycles. The van der Waals surface area contributed by atoms with Gasteiger partial charge in [-0.05, 0) is 26.6 Å². The van der Waals surface area contributed by atoms with Crippen molar-refractivity contribution < 1.29 is 14.6 Å². The van der Waals surface area contributed by atoms with Crippen molar-refractivity contribution in [1.82, 2.24) is 10.2 Å². The standard InChI is InChI=1S/C15H24N2O3/c1-15(19,11-17(2)3)10-16-14(18)13(20-4)12-8-6-5-7-9-12/h5-9,13,19H,10-11H2,1-4H3,(H,16,18). The Labute approximate surface area is 120 Å². The largest absolute Gasteiger partial charge is 0.387 e. The Morgan fingerprint density at radius 2 is 2.00 bits per heavy atom. The lowest BCUT2D eigenvalue weighted by atomic mass is 10.1. The van der Waals surface area contributed by atoms with Crippen LogP contribution in [0, 0.1) is 0 Å². The number of nitrogens with one attached hydrogen (secondary N) is 1. The molecule has 2 atom stereocenters. The van der Waals surface area contributed by atoms with Crippen LogP contribution in [-0.2, 0) is 9.53 Å². The van der Waals surface area contributed by atoms with Crippen molar-refractivity contribution in [3.05, 3.63) is 35.9 Å². The van der Waals surface area contributed by atoms with Crippen LogP contribution < -0.4 is 5.32 Å². The third kappa shape index (κ3) is 5.28. The first kappa shape index (κ1) is 16.6. The van der Waals surface area contributed by atoms with E-state index in [2.05, 4.69) is 5.32 Å². The van der Waals surface area contributed by atoms with E-state index in [-0.39, 0.29) is 12.5 Å². The molecule has 0 radical (unpaired) electrons. The molecule has 2 unspecified atom stereocenters. The highest BCUT2D eigenvalue weighted by Crippen LogP contribution is 2.16. The van der Waals surface area contributed by atoms with E-state index in [1.54, 1.807) is 6.92 Å². The quantitative estimate of drug-likeness (QED) is 0.775. The van der Waals surface area contributed by atoms with Gasteiger partial charge in [0.15, 0.2) is 6.10 Å². The summed E-state index contributed by atoms with van der Waals surface area (Å²) in [6.07, 6.45) is -0.661. The van der Waals surface area contributed by atoms with Crippen LogP contribution in [0.3, 0.4) is 0 Å². The van der Waals surface area contributed by atoms with E-state index in [1.165, 1.54) is 7.11 Å². The number of ether oxygens (including phenoxy) is 1. The molecule has 0 saturated heterocycles. The molecule has 5 heteroatoms. The SMILES string of the molecule is COC(C(=O)NCC(C)(O)CN(C)C)c1ccccc1. The summed E-state index contributed by atoms with van der Waals surface area (Å²) in [7, 11) is 5.24. The number of carbonyl (C=O) groups is 1.